The predicted molar refractivity (Wildman–Crippen MR) is 73.4 cm³/mol. The van der Waals surface area contributed by atoms with Gasteiger partial charge in [0.25, 0.3) is 0 Å². The molecule has 2 atom stereocenters. The highest BCUT2D eigenvalue weighted by atomic mass is 35.5. The topological polar surface area (TPSA) is 40.5 Å². The Morgan fingerprint density at radius 2 is 2.11 bits per heavy atom. The molecule has 0 bridgehead atoms. The summed E-state index contributed by atoms with van der Waals surface area (Å²) in [5.41, 5.74) is 2.15. The fourth-order valence-electron chi connectivity index (χ4n) is 2.72. The molecule has 3 nitrogen and oxygen atoms in total. The molecule has 0 amide bonds. The van der Waals surface area contributed by atoms with Crippen molar-refractivity contribution in [2.75, 3.05) is 4.90 Å². The van der Waals surface area contributed by atoms with Gasteiger partial charge in [-0.25, -0.2) is 0 Å². The van der Waals surface area contributed by atoms with Crippen LogP contribution in [0.5, 0.6) is 0 Å². The largest absolute Gasteiger partial charge is 0.481 e. The standard InChI is InChI=1S/C14H18ClNO2/c1-8(2)16-12-6-4-5-11(15)10(12)7-13(16)9(3)14(17)18/h4-6,8-9,13H,7H2,1-3H3,(H,17,18). The Morgan fingerprint density at radius 3 is 2.67 bits per heavy atom. The zero-order valence-electron chi connectivity index (χ0n) is 10.9. The molecule has 0 aromatic heterocycles. The van der Waals surface area contributed by atoms with E-state index in [1.165, 1.54) is 0 Å². The maximum Gasteiger partial charge on any atom is 0.308 e. The van der Waals surface area contributed by atoms with Crippen LogP contribution in [0, 0.1) is 5.92 Å². The lowest BCUT2D eigenvalue weighted by molar-refractivity contribution is -0.141. The Kier molecular flexibility index (Phi) is 3.53. The van der Waals surface area contributed by atoms with E-state index in [1.54, 1.807) is 6.92 Å². The normalized spacial score (nSPS) is 20.1. The highest BCUT2D eigenvalue weighted by molar-refractivity contribution is 6.31. The maximum absolute atomic E-state index is 11.2. The molecule has 0 aliphatic carbocycles. The number of hydrogen-bond donors (Lipinski definition) is 1. The van der Waals surface area contributed by atoms with Crippen LogP contribution in [0.4, 0.5) is 5.69 Å². The molecule has 0 saturated carbocycles. The first-order chi connectivity index (χ1) is 8.43. The number of rotatable bonds is 3. The first-order valence-corrected chi connectivity index (χ1v) is 6.59. The van der Waals surface area contributed by atoms with Crippen LogP contribution >= 0.6 is 11.6 Å². The van der Waals surface area contributed by atoms with Gasteiger partial charge >= 0.3 is 5.97 Å². The van der Waals surface area contributed by atoms with Crippen LogP contribution < -0.4 is 4.90 Å². The molecule has 0 spiro atoms. The van der Waals surface area contributed by atoms with Crippen LogP contribution in [0.3, 0.4) is 0 Å². The molecular weight excluding hydrogens is 250 g/mol. The lowest BCUT2D eigenvalue weighted by Gasteiger charge is -2.33. The van der Waals surface area contributed by atoms with Gasteiger partial charge in [0.05, 0.1) is 5.92 Å². The van der Waals surface area contributed by atoms with Gasteiger partial charge < -0.3 is 10.0 Å². The Morgan fingerprint density at radius 1 is 1.44 bits per heavy atom. The predicted octanol–water partition coefficient (Wildman–Crippen LogP) is 3.20. The number of benzene rings is 1. The van der Waals surface area contributed by atoms with Gasteiger partial charge in [-0.3, -0.25) is 4.79 Å². The first-order valence-electron chi connectivity index (χ1n) is 6.22. The number of carbonyl (C=O) groups is 1. The molecule has 1 N–H and O–H groups in total. The zero-order chi connectivity index (χ0) is 13.4. The minimum Gasteiger partial charge on any atom is -0.481 e. The van der Waals surface area contributed by atoms with Gasteiger partial charge in [0, 0.05) is 22.8 Å². The third kappa shape index (κ3) is 2.07. The van der Waals surface area contributed by atoms with Crippen molar-refractivity contribution in [1.82, 2.24) is 0 Å². The quantitative estimate of drug-likeness (QED) is 0.914. The third-order valence-corrected chi connectivity index (χ3v) is 4.02. The van der Waals surface area contributed by atoms with Gasteiger partial charge in [0.15, 0.2) is 0 Å². The zero-order valence-corrected chi connectivity index (χ0v) is 11.6. The smallest absolute Gasteiger partial charge is 0.308 e. The van der Waals surface area contributed by atoms with E-state index in [0.717, 1.165) is 16.3 Å². The number of anilines is 1. The van der Waals surface area contributed by atoms with Gasteiger partial charge in [-0.1, -0.05) is 17.7 Å². The van der Waals surface area contributed by atoms with Crippen molar-refractivity contribution in [2.24, 2.45) is 5.92 Å². The molecular formula is C14H18ClNO2. The van der Waals surface area contributed by atoms with Crippen molar-refractivity contribution in [3.8, 4) is 0 Å². The van der Waals surface area contributed by atoms with Gasteiger partial charge in [0.2, 0.25) is 0 Å². The van der Waals surface area contributed by atoms with E-state index in [1.807, 2.05) is 18.2 Å². The average molecular weight is 268 g/mol. The van der Waals surface area contributed by atoms with Crippen molar-refractivity contribution in [2.45, 2.75) is 39.3 Å². The lowest BCUT2D eigenvalue weighted by atomic mass is 9.97. The molecule has 1 heterocycles. The Labute approximate surface area is 112 Å². The van der Waals surface area contributed by atoms with Crippen LogP contribution in [0.1, 0.15) is 26.3 Å². The minimum absolute atomic E-state index is 0.0163. The number of carboxylic acid groups (broad SMARTS) is 1. The van der Waals surface area contributed by atoms with Gasteiger partial charge in [-0.2, -0.15) is 0 Å². The molecule has 1 aliphatic heterocycles. The van der Waals surface area contributed by atoms with Gasteiger partial charge in [-0.05, 0) is 44.9 Å². The van der Waals surface area contributed by atoms with Crippen molar-refractivity contribution >= 4 is 23.3 Å². The molecule has 2 rings (SSSR count). The Hall–Kier alpha value is -1.22. The van der Waals surface area contributed by atoms with E-state index in [4.69, 9.17) is 11.6 Å². The monoisotopic (exact) mass is 267 g/mol. The number of fused-ring (bicyclic) bond motifs is 1. The summed E-state index contributed by atoms with van der Waals surface area (Å²) in [5.74, 6) is -1.16. The number of carboxylic acids is 1. The SMILES string of the molecule is CC(C(=O)O)C1Cc2c(Cl)cccc2N1C(C)C. The van der Waals surface area contributed by atoms with Crippen molar-refractivity contribution in [3.63, 3.8) is 0 Å². The first kappa shape index (κ1) is 13.2. The summed E-state index contributed by atoms with van der Waals surface area (Å²) in [6.07, 6.45) is 0.709. The number of hydrogen-bond acceptors (Lipinski definition) is 2. The Bertz CT molecular complexity index is 473. The minimum atomic E-state index is -0.755. The van der Waals surface area contributed by atoms with Crippen LogP contribution in [0.2, 0.25) is 5.02 Å². The number of nitrogens with zero attached hydrogens (tertiary/aromatic N) is 1. The van der Waals surface area contributed by atoms with E-state index < -0.39 is 11.9 Å². The second kappa shape index (κ2) is 4.81. The number of halogens is 1. The molecule has 1 aliphatic rings. The van der Waals surface area contributed by atoms with E-state index in [-0.39, 0.29) is 12.1 Å². The highest BCUT2D eigenvalue weighted by Gasteiger charge is 2.38. The molecule has 18 heavy (non-hydrogen) atoms. The molecule has 1 aromatic rings. The third-order valence-electron chi connectivity index (χ3n) is 3.67. The van der Waals surface area contributed by atoms with Gasteiger partial charge in [0.1, 0.15) is 0 Å². The summed E-state index contributed by atoms with van der Waals surface area (Å²) < 4.78 is 0. The fourth-order valence-corrected chi connectivity index (χ4v) is 2.97. The average Bonchev–Trinajstić information content (AvgIpc) is 2.68. The van der Waals surface area contributed by atoms with E-state index in [0.29, 0.717) is 6.42 Å². The van der Waals surface area contributed by atoms with Gasteiger partial charge in [-0.15, -0.1) is 0 Å². The summed E-state index contributed by atoms with van der Waals surface area (Å²) in [6, 6.07) is 6.06. The summed E-state index contributed by atoms with van der Waals surface area (Å²) in [6.45, 7) is 5.93. The molecule has 98 valence electrons. The second-order valence-electron chi connectivity index (χ2n) is 5.14. The van der Waals surface area contributed by atoms with Crippen molar-refractivity contribution in [1.29, 1.82) is 0 Å². The Balaban J connectivity index is 2.43. The van der Waals surface area contributed by atoms with Crippen molar-refractivity contribution < 1.29 is 9.90 Å². The molecule has 0 radical (unpaired) electrons. The summed E-state index contributed by atoms with van der Waals surface area (Å²) in [5, 5.41) is 9.97. The summed E-state index contributed by atoms with van der Waals surface area (Å²) in [7, 11) is 0. The van der Waals surface area contributed by atoms with E-state index >= 15 is 0 Å². The summed E-state index contributed by atoms with van der Waals surface area (Å²) >= 11 is 6.22. The molecule has 1 aromatic carbocycles. The second-order valence-corrected chi connectivity index (χ2v) is 5.54. The number of aliphatic carboxylic acids is 1. The highest BCUT2D eigenvalue weighted by Crippen LogP contribution is 2.40. The van der Waals surface area contributed by atoms with Crippen LogP contribution in [0.25, 0.3) is 0 Å². The fraction of sp³-hybridized carbons (Fsp3) is 0.500. The van der Waals surface area contributed by atoms with E-state index in [9.17, 15) is 9.90 Å². The lowest BCUT2D eigenvalue weighted by Crippen LogP contribution is -2.44. The van der Waals surface area contributed by atoms with Crippen LogP contribution in [-0.2, 0) is 11.2 Å². The molecule has 0 fully saturated rings. The van der Waals surface area contributed by atoms with Crippen LogP contribution in [-0.4, -0.2) is 23.2 Å². The maximum atomic E-state index is 11.2. The van der Waals surface area contributed by atoms with Crippen LogP contribution in [0.15, 0.2) is 18.2 Å². The molecule has 2 unspecified atom stereocenters. The van der Waals surface area contributed by atoms with E-state index in [2.05, 4.69) is 18.7 Å². The summed E-state index contributed by atoms with van der Waals surface area (Å²) in [4.78, 5) is 13.4. The molecule has 4 heteroatoms. The molecule has 0 saturated heterocycles. The van der Waals surface area contributed by atoms with Crippen molar-refractivity contribution in [3.05, 3.63) is 28.8 Å².